The van der Waals surface area contributed by atoms with Gasteiger partial charge >= 0.3 is 0 Å². The summed E-state index contributed by atoms with van der Waals surface area (Å²) in [7, 11) is 0. The van der Waals surface area contributed by atoms with Crippen LogP contribution in [-0.2, 0) is 0 Å². The van der Waals surface area contributed by atoms with Crippen LogP contribution in [0.2, 0.25) is 0 Å². The van der Waals surface area contributed by atoms with Crippen LogP contribution in [0.15, 0.2) is 41.0 Å². The van der Waals surface area contributed by atoms with Gasteiger partial charge < -0.3 is 9.73 Å². The number of para-hydroxylation sites is 1. The van der Waals surface area contributed by atoms with Crippen LogP contribution < -0.4 is 21.5 Å². The summed E-state index contributed by atoms with van der Waals surface area (Å²) in [6.07, 6.45) is 1.41. The molecule has 0 aliphatic rings. The highest BCUT2D eigenvalue weighted by Crippen LogP contribution is 2.18. The molecule has 8 heteroatoms. The Hall–Kier alpha value is -2.45. The summed E-state index contributed by atoms with van der Waals surface area (Å²) in [6, 6.07) is 9.11. The molecule has 0 fully saturated rings. The number of aryl methyl sites for hydroxylation is 2. The van der Waals surface area contributed by atoms with Crippen LogP contribution >= 0.6 is 24.4 Å². The fourth-order valence-electron chi connectivity index (χ4n) is 1.87. The van der Waals surface area contributed by atoms with Crippen molar-refractivity contribution >= 4 is 46.3 Å². The molecule has 0 atom stereocenters. The number of amides is 1. The van der Waals surface area contributed by atoms with Crippen molar-refractivity contribution in [3.05, 3.63) is 53.5 Å². The molecule has 0 unspecified atom stereocenters. The van der Waals surface area contributed by atoms with Gasteiger partial charge in [-0.3, -0.25) is 21.0 Å². The van der Waals surface area contributed by atoms with Gasteiger partial charge in [-0.15, -0.1) is 0 Å². The first-order chi connectivity index (χ1) is 11.0. The molecule has 0 spiro atoms. The third kappa shape index (κ3) is 4.76. The Kier molecular flexibility index (Phi) is 5.67. The average molecular weight is 348 g/mol. The number of carbonyl (C=O) groups is 1. The van der Waals surface area contributed by atoms with Crippen LogP contribution in [-0.4, -0.2) is 16.1 Å². The maximum atomic E-state index is 11.7. The van der Waals surface area contributed by atoms with Gasteiger partial charge in [0.25, 0.3) is 5.91 Å². The predicted molar refractivity (Wildman–Crippen MR) is 97.2 cm³/mol. The van der Waals surface area contributed by atoms with Gasteiger partial charge in [0.05, 0.1) is 6.26 Å². The first-order valence-electron chi connectivity index (χ1n) is 6.75. The van der Waals surface area contributed by atoms with Crippen molar-refractivity contribution < 1.29 is 9.21 Å². The molecule has 120 valence electrons. The second kappa shape index (κ2) is 7.70. The van der Waals surface area contributed by atoms with Gasteiger partial charge in [0.2, 0.25) is 0 Å². The molecule has 0 radical (unpaired) electrons. The van der Waals surface area contributed by atoms with Crippen LogP contribution in [0.4, 0.5) is 5.69 Å². The third-order valence-electron chi connectivity index (χ3n) is 2.98. The standard InChI is InChI=1S/C15H16N4O2S2/c1-9-5-3-6-10(2)12(9)16-14(22)18-19-15(23)17-13(20)11-7-4-8-21-11/h3-8H,1-2H3,(H2,16,18,22)(H2,17,19,20,23). The van der Waals surface area contributed by atoms with Gasteiger partial charge in [0, 0.05) is 5.69 Å². The van der Waals surface area contributed by atoms with E-state index in [1.807, 2.05) is 32.0 Å². The molecule has 0 saturated carbocycles. The first-order valence-corrected chi connectivity index (χ1v) is 7.57. The zero-order valence-corrected chi connectivity index (χ0v) is 14.2. The number of furan rings is 1. The number of hydrazine groups is 1. The second-order valence-corrected chi connectivity index (χ2v) is 5.55. The molecule has 1 amide bonds. The fourth-order valence-corrected chi connectivity index (χ4v) is 2.17. The average Bonchev–Trinajstić information content (AvgIpc) is 3.03. The second-order valence-electron chi connectivity index (χ2n) is 4.73. The van der Waals surface area contributed by atoms with Crippen molar-refractivity contribution in [3.8, 4) is 0 Å². The summed E-state index contributed by atoms with van der Waals surface area (Å²) >= 11 is 10.2. The lowest BCUT2D eigenvalue weighted by molar-refractivity contribution is 0.0949. The minimum atomic E-state index is -0.442. The number of thiocarbonyl (C=S) groups is 2. The van der Waals surface area contributed by atoms with E-state index in [0.29, 0.717) is 5.11 Å². The number of anilines is 1. The van der Waals surface area contributed by atoms with E-state index in [2.05, 4.69) is 21.5 Å². The van der Waals surface area contributed by atoms with Crippen LogP contribution in [0.5, 0.6) is 0 Å². The summed E-state index contributed by atoms with van der Waals surface area (Å²) in [6.45, 7) is 3.97. The summed E-state index contributed by atoms with van der Waals surface area (Å²) < 4.78 is 4.97. The Morgan fingerprint density at radius 3 is 2.26 bits per heavy atom. The zero-order chi connectivity index (χ0) is 16.8. The number of benzene rings is 1. The molecule has 0 aliphatic heterocycles. The number of hydrogen-bond acceptors (Lipinski definition) is 4. The van der Waals surface area contributed by atoms with Gasteiger partial charge in [-0.2, -0.15) is 0 Å². The maximum absolute atomic E-state index is 11.7. The zero-order valence-electron chi connectivity index (χ0n) is 12.6. The minimum absolute atomic E-state index is 0.0806. The number of rotatable bonds is 2. The van der Waals surface area contributed by atoms with Gasteiger partial charge in [-0.25, -0.2) is 0 Å². The van der Waals surface area contributed by atoms with Crippen molar-refractivity contribution in [2.45, 2.75) is 13.8 Å². The monoisotopic (exact) mass is 348 g/mol. The fraction of sp³-hybridized carbons (Fsp3) is 0.133. The van der Waals surface area contributed by atoms with Crippen molar-refractivity contribution in [1.82, 2.24) is 16.2 Å². The van der Waals surface area contributed by atoms with E-state index in [1.165, 1.54) is 6.26 Å². The summed E-state index contributed by atoms with van der Waals surface area (Å²) in [4.78, 5) is 11.7. The molecule has 23 heavy (non-hydrogen) atoms. The number of nitrogens with one attached hydrogen (secondary N) is 4. The summed E-state index contributed by atoms with van der Waals surface area (Å²) in [5.41, 5.74) is 8.43. The van der Waals surface area contributed by atoms with Gasteiger partial charge in [-0.05, 0) is 61.5 Å². The highest BCUT2D eigenvalue weighted by atomic mass is 32.1. The Bertz CT molecular complexity index is 709. The Labute approximate surface area is 144 Å². The molecule has 1 aromatic carbocycles. The lowest BCUT2D eigenvalue weighted by Gasteiger charge is -2.16. The van der Waals surface area contributed by atoms with Crippen LogP contribution in [0, 0.1) is 13.8 Å². The summed E-state index contributed by atoms with van der Waals surface area (Å²) in [5, 5.41) is 5.95. The number of hydrogen-bond donors (Lipinski definition) is 4. The topological polar surface area (TPSA) is 78.3 Å². The first kappa shape index (κ1) is 16.9. The Morgan fingerprint density at radius 2 is 1.65 bits per heavy atom. The van der Waals surface area contributed by atoms with E-state index >= 15 is 0 Å². The summed E-state index contributed by atoms with van der Waals surface area (Å²) in [5.74, 6) is -0.270. The molecule has 2 rings (SSSR count). The lowest BCUT2D eigenvalue weighted by Crippen LogP contribution is -2.49. The van der Waals surface area contributed by atoms with E-state index in [0.717, 1.165) is 16.8 Å². The van der Waals surface area contributed by atoms with E-state index in [-0.39, 0.29) is 10.9 Å². The van der Waals surface area contributed by atoms with Crippen molar-refractivity contribution in [3.63, 3.8) is 0 Å². The molecule has 4 N–H and O–H groups in total. The molecule has 1 heterocycles. The molecule has 0 saturated heterocycles. The van der Waals surface area contributed by atoms with Gasteiger partial charge in [-0.1, -0.05) is 18.2 Å². The molecular weight excluding hydrogens is 332 g/mol. The van der Waals surface area contributed by atoms with Crippen LogP contribution in [0.25, 0.3) is 0 Å². The SMILES string of the molecule is Cc1cccc(C)c1NC(=S)NNC(=S)NC(=O)c1ccco1. The molecule has 2 aromatic rings. The van der Waals surface area contributed by atoms with E-state index < -0.39 is 5.91 Å². The normalized spacial score (nSPS) is 9.83. The molecular formula is C15H16N4O2S2. The predicted octanol–water partition coefficient (Wildman–Crippen LogP) is 2.40. The largest absolute Gasteiger partial charge is 0.459 e. The highest BCUT2D eigenvalue weighted by molar-refractivity contribution is 7.80. The molecule has 6 nitrogen and oxygen atoms in total. The van der Waals surface area contributed by atoms with Crippen molar-refractivity contribution in [2.24, 2.45) is 0 Å². The molecule has 0 aliphatic carbocycles. The quantitative estimate of drug-likeness (QED) is 0.490. The Morgan fingerprint density at radius 1 is 1.00 bits per heavy atom. The third-order valence-corrected chi connectivity index (χ3v) is 3.39. The van der Waals surface area contributed by atoms with E-state index in [9.17, 15) is 4.79 Å². The van der Waals surface area contributed by atoms with Crippen LogP contribution in [0.1, 0.15) is 21.7 Å². The van der Waals surface area contributed by atoms with E-state index in [1.54, 1.807) is 12.1 Å². The van der Waals surface area contributed by atoms with E-state index in [4.69, 9.17) is 28.9 Å². The minimum Gasteiger partial charge on any atom is -0.459 e. The van der Waals surface area contributed by atoms with Crippen molar-refractivity contribution in [1.29, 1.82) is 0 Å². The van der Waals surface area contributed by atoms with Crippen LogP contribution in [0.3, 0.4) is 0 Å². The molecule has 0 bridgehead atoms. The highest BCUT2D eigenvalue weighted by Gasteiger charge is 2.10. The maximum Gasteiger partial charge on any atom is 0.293 e. The van der Waals surface area contributed by atoms with Gasteiger partial charge in [0.1, 0.15) is 0 Å². The smallest absolute Gasteiger partial charge is 0.293 e. The van der Waals surface area contributed by atoms with Crippen molar-refractivity contribution in [2.75, 3.05) is 5.32 Å². The lowest BCUT2D eigenvalue weighted by atomic mass is 10.1. The number of carbonyl (C=O) groups excluding carboxylic acids is 1. The Balaban J connectivity index is 1.82. The van der Waals surface area contributed by atoms with Gasteiger partial charge in [0.15, 0.2) is 16.0 Å². The molecule has 1 aromatic heterocycles.